The molecule has 2 heteroatoms. The third kappa shape index (κ3) is 2.30. The van der Waals surface area contributed by atoms with E-state index in [-0.39, 0.29) is 0 Å². The van der Waals surface area contributed by atoms with E-state index in [0.29, 0.717) is 6.04 Å². The molecule has 2 nitrogen and oxygen atoms in total. The molecule has 0 radical (unpaired) electrons. The summed E-state index contributed by atoms with van der Waals surface area (Å²) in [6.07, 6.45) is 5.97. The third-order valence-corrected chi connectivity index (χ3v) is 2.11. The first kappa shape index (κ1) is 8.28. The van der Waals surface area contributed by atoms with E-state index in [4.69, 9.17) is 0 Å². The highest BCUT2D eigenvalue weighted by molar-refractivity contribution is 5.32. The number of nitrogens with zero attached hydrogens (tertiary/aromatic N) is 1. The van der Waals surface area contributed by atoms with Crippen LogP contribution in [0.2, 0.25) is 0 Å². The number of rotatable bonds is 0. The Morgan fingerprint density at radius 3 is 3.23 bits per heavy atom. The predicted octanol–water partition coefficient (Wildman–Crippen LogP) is 1.19. The van der Waals surface area contributed by atoms with Gasteiger partial charge >= 0.3 is 0 Å². The fourth-order valence-corrected chi connectivity index (χ4v) is 1.41. The van der Waals surface area contributed by atoms with Gasteiger partial charge in [0.15, 0.2) is 0 Å². The summed E-state index contributed by atoms with van der Waals surface area (Å²) >= 11 is 0. The lowest BCUT2D eigenvalue weighted by Crippen LogP contribution is -2.18. The second kappa shape index (κ2) is 4.06. The van der Waals surface area contributed by atoms with Gasteiger partial charge in [-0.05, 0) is 31.5 Å². The minimum Gasteiger partial charge on any atom is -0.304 e. The molecule has 0 saturated carbocycles. The average molecular weight is 172 g/mol. The van der Waals surface area contributed by atoms with Crippen LogP contribution >= 0.6 is 0 Å². The van der Waals surface area contributed by atoms with Gasteiger partial charge in [-0.3, -0.25) is 4.98 Å². The van der Waals surface area contributed by atoms with Crippen molar-refractivity contribution in [3.8, 4) is 11.8 Å². The van der Waals surface area contributed by atoms with Gasteiger partial charge < -0.3 is 5.32 Å². The normalized spacial score (nSPS) is 20.8. The first-order chi connectivity index (χ1) is 6.45. The second-order valence-electron chi connectivity index (χ2n) is 3.16. The molecule has 1 aliphatic heterocycles. The van der Waals surface area contributed by atoms with Gasteiger partial charge in [-0.1, -0.05) is 11.8 Å². The summed E-state index contributed by atoms with van der Waals surface area (Å²) in [7, 11) is 0. The van der Waals surface area contributed by atoms with Crippen molar-refractivity contribution in [3.63, 3.8) is 0 Å². The number of hydrogen-bond donors (Lipinski definition) is 1. The van der Waals surface area contributed by atoms with E-state index in [9.17, 15) is 0 Å². The number of hydrogen-bond acceptors (Lipinski definition) is 2. The van der Waals surface area contributed by atoms with Crippen molar-refractivity contribution < 1.29 is 0 Å². The molecule has 1 fully saturated rings. The first-order valence-electron chi connectivity index (χ1n) is 4.60. The number of aromatic nitrogens is 1. The van der Waals surface area contributed by atoms with Crippen molar-refractivity contribution in [3.05, 3.63) is 30.1 Å². The van der Waals surface area contributed by atoms with Crippen LogP contribution in [-0.4, -0.2) is 17.6 Å². The fraction of sp³-hybridized carbons (Fsp3) is 0.364. The Bertz CT molecular complexity index is 315. The molecule has 0 bridgehead atoms. The van der Waals surface area contributed by atoms with E-state index < -0.39 is 0 Å². The zero-order valence-electron chi connectivity index (χ0n) is 7.46. The lowest BCUT2D eigenvalue weighted by molar-refractivity contribution is 0.749. The van der Waals surface area contributed by atoms with Crippen molar-refractivity contribution >= 4 is 0 Å². The molecule has 2 heterocycles. The zero-order valence-corrected chi connectivity index (χ0v) is 7.46. The molecule has 0 unspecified atom stereocenters. The SMILES string of the molecule is C(#C[C@@H]1CCCN1)c1cccnc1. The summed E-state index contributed by atoms with van der Waals surface area (Å²) in [5, 5.41) is 3.33. The van der Waals surface area contributed by atoms with Gasteiger partial charge in [-0.2, -0.15) is 0 Å². The summed E-state index contributed by atoms with van der Waals surface area (Å²) in [5.41, 5.74) is 0.996. The van der Waals surface area contributed by atoms with Crippen LogP contribution in [0.5, 0.6) is 0 Å². The van der Waals surface area contributed by atoms with Gasteiger partial charge in [0.1, 0.15) is 0 Å². The Morgan fingerprint density at radius 1 is 1.54 bits per heavy atom. The molecule has 0 aromatic carbocycles. The molecule has 1 atom stereocenters. The van der Waals surface area contributed by atoms with Crippen LogP contribution in [0.4, 0.5) is 0 Å². The van der Waals surface area contributed by atoms with Crippen LogP contribution in [0.25, 0.3) is 0 Å². The smallest absolute Gasteiger partial charge is 0.0693 e. The maximum Gasteiger partial charge on any atom is 0.0693 e. The maximum absolute atomic E-state index is 4.01. The average Bonchev–Trinajstić information content (AvgIpc) is 2.69. The van der Waals surface area contributed by atoms with Crippen LogP contribution < -0.4 is 5.32 Å². The van der Waals surface area contributed by atoms with Gasteiger partial charge in [-0.25, -0.2) is 0 Å². The predicted molar refractivity (Wildman–Crippen MR) is 52.1 cm³/mol. The highest BCUT2D eigenvalue weighted by atomic mass is 14.9. The van der Waals surface area contributed by atoms with Gasteiger partial charge in [0.2, 0.25) is 0 Å². The lowest BCUT2D eigenvalue weighted by atomic mass is 10.2. The van der Waals surface area contributed by atoms with E-state index in [1.165, 1.54) is 12.8 Å². The van der Waals surface area contributed by atoms with Crippen LogP contribution in [0.3, 0.4) is 0 Å². The maximum atomic E-state index is 4.01. The molecular weight excluding hydrogens is 160 g/mol. The second-order valence-corrected chi connectivity index (χ2v) is 3.16. The van der Waals surface area contributed by atoms with Crippen molar-refractivity contribution in [2.75, 3.05) is 6.54 Å². The van der Waals surface area contributed by atoms with Gasteiger partial charge in [0.05, 0.1) is 6.04 Å². The molecule has 1 aromatic heterocycles. The molecular formula is C11H12N2. The van der Waals surface area contributed by atoms with E-state index >= 15 is 0 Å². The zero-order chi connectivity index (χ0) is 8.93. The summed E-state index contributed by atoms with van der Waals surface area (Å²) in [4.78, 5) is 4.01. The van der Waals surface area contributed by atoms with Gasteiger partial charge in [-0.15, -0.1) is 0 Å². The standard InChI is InChI=1S/C11H12N2/c1-3-10(9-12-7-1)5-6-11-4-2-8-13-11/h1,3,7,9,11,13H,2,4,8H2/t11-/m0/s1. The van der Waals surface area contributed by atoms with Crippen molar-refractivity contribution in [2.24, 2.45) is 0 Å². The summed E-state index contributed by atoms with van der Waals surface area (Å²) in [5.74, 6) is 6.31. The summed E-state index contributed by atoms with van der Waals surface area (Å²) in [6, 6.07) is 4.28. The molecule has 13 heavy (non-hydrogen) atoms. The van der Waals surface area contributed by atoms with E-state index in [2.05, 4.69) is 22.1 Å². The van der Waals surface area contributed by atoms with Crippen molar-refractivity contribution in [2.45, 2.75) is 18.9 Å². The van der Waals surface area contributed by atoms with E-state index in [1.807, 2.05) is 12.1 Å². The Hall–Kier alpha value is -1.33. The minimum absolute atomic E-state index is 0.389. The van der Waals surface area contributed by atoms with Crippen LogP contribution in [0.1, 0.15) is 18.4 Å². The highest BCUT2D eigenvalue weighted by Crippen LogP contribution is 2.03. The van der Waals surface area contributed by atoms with E-state index in [1.54, 1.807) is 12.4 Å². The Labute approximate surface area is 78.4 Å². The first-order valence-corrected chi connectivity index (χ1v) is 4.60. The lowest BCUT2D eigenvalue weighted by Gasteiger charge is -1.97. The molecule has 1 aromatic rings. The monoisotopic (exact) mass is 172 g/mol. The molecule has 1 aliphatic rings. The molecule has 0 spiro atoms. The highest BCUT2D eigenvalue weighted by Gasteiger charge is 2.09. The largest absolute Gasteiger partial charge is 0.304 e. The number of pyridine rings is 1. The quantitative estimate of drug-likeness (QED) is 0.594. The van der Waals surface area contributed by atoms with Gasteiger partial charge in [0, 0.05) is 18.0 Å². The molecule has 1 saturated heterocycles. The molecule has 0 aliphatic carbocycles. The summed E-state index contributed by atoms with van der Waals surface area (Å²) < 4.78 is 0. The Kier molecular flexibility index (Phi) is 2.59. The molecule has 2 rings (SSSR count). The molecule has 66 valence electrons. The van der Waals surface area contributed by atoms with E-state index in [0.717, 1.165) is 12.1 Å². The van der Waals surface area contributed by atoms with Crippen molar-refractivity contribution in [1.29, 1.82) is 0 Å². The minimum atomic E-state index is 0.389. The van der Waals surface area contributed by atoms with Crippen LogP contribution in [0, 0.1) is 11.8 Å². The summed E-state index contributed by atoms with van der Waals surface area (Å²) in [6.45, 7) is 1.10. The van der Waals surface area contributed by atoms with Crippen molar-refractivity contribution in [1.82, 2.24) is 10.3 Å². The molecule has 0 amide bonds. The number of nitrogens with one attached hydrogen (secondary N) is 1. The Morgan fingerprint density at radius 2 is 2.54 bits per heavy atom. The van der Waals surface area contributed by atoms with Gasteiger partial charge in [0.25, 0.3) is 0 Å². The Balaban J connectivity index is 2.03. The van der Waals surface area contributed by atoms with Crippen LogP contribution in [0.15, 0.2) is 24.5 Å². The molecule has 1 N–H and O–H groups in total. The fourth-order valence-electron chi connectivity index (χ4n) is 1.41. The van der Waals surface area contributed by atoms with Crippen LogP contribution in [-0.2, 0) is 0 Å². The topological polar surface area (TPSA) is 24.9 Å². The third-order valence-electron chi connectivity index (χ3n) is 2.11.